The molecule has 0 atom stereocenters. The Labute approximate surface area is 227 Å². The summed E-state index contributed by atoms with van der Waals surface area (Å²) >= 11 is 0. The highest BCUT2D eigenvalue weighted by Crippen LogP contribution is 2.36. The predicted octanol–water partition coefficient (Wildman–Crippen LogP) is 3.77. The number of rotatable bonds is 5. The Hall–Kier alpha value is -4.19. The van der Waals surface area contributed by atoms with Crippen LogP contribution in [0, 0.1) is 5.82 Å². The molecule has 1 spiro atoms. The summed E-state index contributed by atoms with van der Waals surface area (Å²) in [6.07, 6.45) is -3.58. The number of alkyl halides is 3. The third kappa shape index (κ3) is 6.50. The zero-order valence-corrected chi connectivity index (χ0v) is 21.4. The maximum atomic E-state index is 13.4. The molecule has 5 rings (SSSR count). The van der Waals surface area contributed by atoms with Crippen LogP contribution in [0.4, 0.5) is 23.2 Å². The molecular formula is C28H28F4N4O4. The summed E-state index contributed by atoms with van der Waals surface area (Å²) in [5.41, 5.74) is 1.13. The van der Waals surface area contributed by atoms with E-state index in [4.69, 9.17) is 9.90 Å². The second kappa shape index (κ2) is 11.9. The number of nitrogens with one attached hydrogen (secondary N) is 2. The van der Waals surface area contributed by atoms with Crippen molar-refractivity contribution < 1.29 is 37.1 Å². The summed E-state index contributed by atoms with van der Waals surface area (Å²) in [6, 6.07) is 19.9. The Kier molecular flexibility index (Phi) is 8.58. The lowest BCUT2D eigenvalue weighted by molar-refractivity contribution is -0.192. The summed E-state index contributed by atoms with van der Waals surface area (Å²) in [6.45, 7) is 3.40. The fourth-order valence-corrected chi connectivity index (χ4v) is 4.97. The van der Waals surface area contributed by atoms with Crippen molar-refractivity contribution in [1.29, 1.82) is 0 Å². The minimum absolute atomic E-state index is 0.107. The van der Waals surface area contributed by atoms with Crippen LogP contribution in [0.2, 0.25) is 0 Å². The Morgan fingerprint density at radius 1 is 0.975 bits per heavy atom. The van der Waals surface area contributed by atoms with Crippen LogP contribution in [0.25, 0.3) is 10.8 Å². The summed E-state index contributed by atoms with van der Waals surface area (Å²) < 4.78 is 45.1. The number of piperidine rings is 1. The Bertz CT molecular complexity index is 1380. The largest absolute Gasteiger partial charge is 0.490 e. The van der Waals surface area contributed by atoms with Crippen molar-refractivity contribution in [3.05, 3.63) is 78.1 Å². The lowest BCUT2D eigenvalue weighted by Crippen LogP contribution is -2.57. The molecule has 2 heterocycles. The highest BCUT2D eigenvalue weighted by molar-refractivity contribution is 5.98. The van der Waals surface area contributed by atoms with Gasteiger partial charge in [0.05, 0.1) is 6.67 Å². The molecule has 3 aromatic rings. The second-order valence-corrected chi connectivity index (χ2v) is 9.57. The molecule has 2 aliphatic heterocycles. The van der Waals surface area contributed by atoms with Gasteiger partial charge in [0, 0.05) is 37.4 Å². The van der Waals surface area contributed by atoms with Gasteiger partial charge in [-0.25, -0.2) is 9.18 Å². The molecule has 2 saturated heterocycles. The normalized spacial score (nSPS) is 16.8. The third-order valence-electron chi connectivity index (χ3n) is 7.11. The first kappa shape index (κ1) is 28.8. The summed E-state index contributed by atoms with van der Waals surface area (Å²) in [4.78, 5) is 38.7. The van der Waals surface area contributed by atoms with Gasteiger partial charge >= 0.3 is 12.1 Å². The van der Waals surface area contributed by atoms with Gasteiger partial charge in [0.1, 0.15) is 11.4 Å². The highest BCUT2D eigenvalue weighted by atomic mass is 19.4. The number of carbonyl (C=O) groups excluding carboxylic acids is 2. The molecule has 2 fully saturated rings. The van der Waals surface area contributed by atoms with E-state index in [1.165, 1.54) is 12.1 Å². The molecule has 0 unspecified atom stereocenters. The van der Waals surface area contributed by atoms with Gasteiger partial charge in [0.2, 0.25) is 5.91 Å². The number of carboxylic acid groups (broad SMARTS) is 1. The lowest BCUT2D eigenvalue weighted by Gasteiger charge is -2.43. The van der Waals surface area contributed by atoms with Crippen molar-refractivity contribution >= 4 is 34.2 Å². The van der Waals surface area contributed by atoms with E-state index in [0.29, 0.717) is 18.8 Å². The monoisotopic (exact) mass is 560 g/mol. The van der Waals surface area contributed by atoms with E-state index >= 15 is 0 Å². The van der Waals surface area contributed by atoms with Gasteiger partial charge in [-0.15, -0.1) is 0 Å². The van der Waals surface area contributed by atoms with Crippen LogP contribution < -0.4 is 15.5 Å². The van der Waals surface area contributed by atoms with E-state index in [1.807, 2.05) is 30.3 Å². The molecule has 3 N–H and O–H groups in total. The molecule has 40 heavy (non-hydrogen) atoms. The third-order valence-corrected chi connectivity index (χ3v) is 7.11. The van der Waals surface area contributed by atoms with Gasteiger partial charge in [-0.1, -0.05) is 30.3 Å². The maximum Gasteiger partial charge on any atom is 0.490 e. The molecule has 0 aromatic heterocycles. The number of nitrogens with zero attached hydrogens (tertiary/aromatic N) is 2. The molecule has 2 amide bonds. The lowest BCUT2D eigenvalue weighted by atomic mass is 9.85. The summed E-state index contributed by atoms with van der Waals surface area (Å²) in [7, 11) is 0. The number of fused-ring (bicyclic) bond motifs is 1. The van der Waals surface area contributed by atoms with Crippen molar-refractivity contribution in [1.82, 2.24) is 15.5 Å². The van der Waals surface area contributed by atoms with Gasteiger partial charge in [-0.05, 0) is 60.0 Å². The highest BCUT2D eigenvalue weighted by Gasteiger charge is 2.50. The number of carboxylic acids is 1. The number of amides is 2. The zero-order valence-electron chi connectivity index (χ0n) is 21.4. The predicted molar refractivity (Wildman–Crippen MR) is 140 cm³/mol. The number of para-hydroxylation sites is 1. The maximum absolute atomic E-state index is 13.4. The summed E-state index contributed by atoms with van der Waals surface area (Å²) in [5, 5.41) is 14.7. The van der Waals surface area contributed by atoms with E-state index in [0.717, 1.165) is 48.9 Å². The number of benzene rings is 3. The average molecular weight is 561 g/mol. The molecule has 212 valence electrons. The molecule has 0 bridgehead atoms. The smallest absolute Gasteiger partial charge is 0.475 e. The van der Waals surface area contributed by atoms with Crippen molar-refractivity contribution in [3.8, 4) is 0 Å². The van der Waals surface area contributed by atoms with E-state index in [1.54, 1.807) is 24.3 Å². The summed E-state index contributed by atoms with van der Waals surface area (Å²) in [5.74, 6) is -3.08. The van der Waals surface area contributed by atoms with Gasteiger partial charge in [-0.2, -0.15) is 13.2 Å². The van der Waals surface area contributed by atoms with Crippen LogP contribution in [-0.4, -0.2) is 72.4 Å². The topological polar surface area (TPSA) is 102 Å². The average Bonchev–Trinajstić information content (AvgIpc) is 3.24. The second-order valence-electron chi connectivity index (χ2n) is 9.57. The van der Waals surface area contributed by atoms with Gasteiger partial charge in [-0.3, -0.25) is 9.59 Å². The molecular weight excluding hydrogens is 532 g/mol. The number of anilines is 1. The molecule has 8 nitrogen and oxygen atoms in total. The minimum atomic E-state index is -5.08. The standard InChI is InChI=1S/C26H27FN4O2.C2HF3O2/c27-22-9-8-19-16-21(7-6-20(19)17-22)24(32)28-12-15-30-13-10-26(11-14-30)25(33)29-18-31(26)23-4-2-1-3-5-23;3-2(4,5)1(6)7/h1-9,16-17H,10-15,18H2,(H,28,32)(H,29,33);(H,6,7). The zero-order chi connectivity index (χ0) is 28.9. The Morgan fingerprint density at radius 2 is 1.60 bits per heavy atom. The van der Waals surface area contributed by atoms with Crippen molar-refractivity contribution in [2.45, 2.75) is 24.6 Å². The Morgan fingerprint density at radius 3 is 2.25 bits per heavy atom. The number of carbonyl (C=O) groups is 3. The van der Waals surface area contributed by atoms with Crippen LogP contribution in [0.3, 0.4) is 0 Å². The van der Waals surface area contributed by atoms with Crippen LogP contribution >= 0.6 is 0 Å². The van der Waals surface area contributed by atoms with Crippen molar-refractivity contribution in [2.24, 2.45) is 0 Å². The van der Waals surface area contributed by atoms with E-state index in [2.05, 4.69) is 20.4 Å². The fourth-order valence-electron chi connectivity index (χ4n) is 4.97. The number of hydrogen-bond donors (Lipinski definition) is 3. The molecule has 2 aliphatic rings. The van der Waals surface area contributed by atoms with Crippen molar-refractivity contribution in [3.63, 3.8) is 0 Å². The molecule has 0 saturated carbocycles. The molecule has 0 aliphatic carbocycles. The number of halogens is 4. The van der Waals surface area contributed by atoms with Crippen LogP contribution in [-0.2, 0) is 9.59 Å². The first-order chi connectivity index (χ1) is 19.0. The first-order valence-electron chi connectivity index (χ1n) is 12.6. The minimum Gasteiger partial charge on any atom is -0.475 e. The van der Waals surface area contributed by atoms with Crippen molar-refractivity contribution in [2.75, 3.05) is 37.7 Å². The SMILES string of the molecule is O=C(NCCN1CCC2(CC1)C(=O)NCN2c1ccccc1)c1ccc2cc(F)ccc2c1.O=C(O)C(F)(F)F. The van der Waals surface area contributed by atoms with Gasteiger partial charge < -0.3 is 25.5 Å². The van der Waals surface area contributed by atoms with E-state index in [9.17, 15) is 27.2 Å². The van der Waals surface area contributed by atoms with Gasteiger partial charge in [0.15, 0.2) is 0 Å². The quantitative estimate of drug-likeness (QED) is 0.411. The van der Waals surface area contributed by atoms with E-state index < -0.39 is 17.7 Å². The number of aliphatic carboxylic acids is 1. The van der Waals surface area contributed by atoms with E-state index in [-0.39, 0.29) is 17.6 Å². The molecule has 3 aromatic carbocycles. The fraction of sp³-hybridized carbons (Fsp3) is 0.321. The van der Waals surface area contributed by atoms with Crippen LogP contribution in [0.5, 0.6) is 0 Å². The first-order valence-corrected chi connectivity index (χ1v) is 12.6. The Balaban J connectivity index is 0.000000470. The van der Waals surface area contributed by atoms with Gasteiger partial charge in [0.25, 0.3) is 5.91 Å². The molecule has 12 heteroatoms. The number of hydrogen-bond acceptors (Lipinski definition) is 5. The number of likely N-dealkylation sites (tertiary alicyclic amines) is 1. The van der Waals surface area contributed by atoms with Crippen LogP contribution in [0.1, 0.15) is 23.2 Å². The molecule has 0 radical (unpaired) electrons. The van der Waals surface area contributed by atoms with Crippen LogP contribution in [0.15, 0.2) is 66.7 Å².